The zero-order chi connectivity index (χ0) is 20.1. The Labute approximate surface area is 167 Å². The summed E-state index contributed by atoms with van der Waals surface area (Å²) >= 11 is 0. The number of ether oxygens (including phenoxy) is 1. The summed E-state index contributed by atoms with van der Waals surface area (Å²) in [6.07, 6.45) is 3.04. The standard InChI is InChI=1S/C21H34N4O3/c1-21(2,3)18-5-6-19(26)25(22-18)15-17-7-10-23(11-8-17)12-13-24-9-4-14-28-16-20(24)27/h5-6,17H,4,7-16H2,1-3H3. The molecular formula is C21H34N4O3. The lowest BCUT2D eigenvalue weighted by atomic mass is 9.92. The van der Waals surface area contributed by atoms with Gasteiger partial charge in [-0.1, -0.05) is 20.8 Å². The van der Waals surface area contributed by atoms with E-state index in [2.05, 4.69) is 30.8 Å². The quantitative estimate of drug-likeness (QED) is 0.762. The van der Waals surface area contributed by atoms with Crippen molar-refractivity contribution in [3.8, 4) is 0 Å². The minimum absolute atomic E-state index is 0.0164. The number of amides is 1. The van der Waals surface area contributed by atoms with Crippen LogP contribution in [0.25, 0.3) is 0 Å². The van der Waals surface area contributed by atoms with Crippen LogP contribution in [0.3, 0.4) is 0 Å². The van der Waals surface area contributed by atoms with Crippen molar-refractivity contribution in [2.45, 2.75) is 52.0 Å². The van der Waals surface area contributed by atoms with Crippen LogP contribution in [0.15, 0.2) is 16.9 Å². The molecule has 0 unspecified atom stereocenters. The molecule has 0 bridgehead atoms. The van der Waals surface area contributed by atoms with Crippen LogP contribution < -0.4 is 5.56 Å². The van der Waals surface area contributed by atoms with Gasteiger partial charge in [0, 0.05) is 44.3 Å². The lowest BCUT2D eigenvalue weighted by molar-refractivity contribution is -0.134. The highest BCUT2D eigenvalue weighted by molar-refractivity contribution is 5.77. The van der Waals surface area contributed by atoms with E-state index >= 15 is 0 Å². The predicted octanol–water partition coefficient (Wildman–Crippen LogP) is 1.50. The molecule has 2 aliphatic heterocycles. The average molecular weight is 391 g/mol. The Kier molecular flexibility index (Phi) is 6.88. The molecule has 1 amide bonds. The molecule has 3 rings (SSSR count). The second-order valence-electron chi connectivity index (χ2n) is 9.06. The van der Waals surface area contributed by atoms with Crippen molar-refractivity contribution in [2.75, 3.05) is 45.9 Å². The second-order valence-corrected chi connectivity index (χ2v) is 9.06. The molecule has 0 N–H and O–H groups in total. The summed E-state index contributed by atoms with van der Waals surface area (Å²) in [5.74, 6) is 0.585. The Bertz CT molecular complexity index is 717. The molecule has 1 aromatic heterocycles. The second kappa shape index (κ2) is 9.18. The molecule has 0 aromatic carbocycles. The van der Waals surface area contributed by atoms with Gasteiger partial charge in [-0.15, -0.1) is 0 Å². The van der Waals surface area contributed by atoms with Gasteiger partial charge in [0.05, 0.1) is 5.69 Å². The third-order valence-electron chi connectivity index (χ3n) is 5.75. The van der Waals surface area contributed by atoms with Gasteiger partial charge in [-0.2, -0.15) is 5.10 Å². The third-order valence-corrected chi connectivity index (χ3v) is 5.75. The van der Waals surface area contributed by atoms with Crippen LogP contribution in [0.1, 0.15) is 45.7 Å². The van der Waals surface area contributed by atoms with Crippen LogP contribution in [0.5, 0.6) is 0 Å². The Morgan fingerprint density at radius 2 is 1.86 bits per heavy atom. The highest BCUT2D eigenvalue weighted by Crippen LogP contribution is 2.20. The van der Waals surface area contributed by atoms with E-state index in [0.29, 0.717) is 19.1 Å². The Balaban J connectivity index is 1.48. The van der Waals surface area contributed by atoms with E-state index in [0.717, 1.165) is 57.7 Å². The SMILES string of the molecule is CC(C)(C)c1ccc(=O)n(CC2CCN(CCN3CCCOCC3=O)CC2)n1. The third kappa shape index (κ3) is 5.64. The van der Waals surface area contributed by atoms with Gasteiger partial charge in [-0.25, -0.2) is 4.68 Å². The maximum atomic E-state index is 12.2. The summed E-state index contributed by atoms with van der Waals surface area (Å²) in [4.78, 5) is 28.6. The van der Waals surface area contributed by atoms with Gasteiger partial charge in [0.25, 0.3) is 5.56 Å². The normalized spacial score (nSPS) is 20.4. The molecular weight excluding hydrogens is 356 g/mol. The molecule has 0 radical (unpaired) electrons. The molecule has 2 fully saturated rings. The highest BCUT2D eigenvalue weighted by Gasteiger charge is 2.23. The number of hydrogen-bond donors (Lipinski definition) is 0. The van der Waals surface area contributed by atoms with Crippen LogP contribution in [0.4, 0.5) is 0 Å². The van der Waals surface area contributed by atoms with E-state index in [4.69, 9.17) is 4.74 Å². The van der Waals surface area contributed by atoms with E-state index in [1.165, 1.54) is 0 Å². The highest BCUT2D eigenvalue weighted by atomic mass is 16.5. The van der Waals surface area contributed by atoms with Crippen molar-refractivity contribution in [1.29, 1.82) is 0 Å². The Hall–Kier alpha value is -1.73. The van der Waals surface area contributed by atoms with E-state index in [9.17, 15) is 9.59 Å². The number of hydrogen-bond acceptors (Lipinski definition) is 5. The molecule has 0 aliphatic carbocycles. The Morgan fingerprint density at radius 3 is 2.57 bits per heavy atom. The lowest BCUT2D eigenvalue weighted by Gasteiger charge is -2.33. The molecule has 2 saturated heterocycles. The van der Waals surface area contributed by atoms with Crippen molar-refractivity contribution in [1.82, 2.24) is 19.6 Å². The van der Waals surface area contributed by atoms with Crippen molar-refractivity contribution in [2.24, 2.45) is 5.92 Å². The summed E-state index contributed by atoms with van der Waals surface area (Å²) in [5, 5.41) is 4.61. The minimum atomic E-state index is -0.0609. The van der Waals surface area contributed by atoms with E-state index < -0.39 is 0 Å². The maximum absolute atomic E-state index is 12.2. The van der Waals surface area contributed by atoms with Gasteiger partial charge in [0.1, 0.15) is 6.61 Å². The van der Waals surface area contributed by atoms with E-state index in [1.807, 2.05) is 11.0 Å². The lowest BCUT2D eigenvalue weighted by Crippen LogP contribution is -2.43. The topological polar surface area (TPSA) is 67.7 Å². The number of carbonyl (C=O) groups excluding carboxylic acids is 1. The van der Waals surface area contributed by atoms with Gasteiger partial charge in [-0.3, -0.25) is 9.59 Å². The van der Waals surface area contributed by atoms with Crippen molar-refractivity contribution in [3.05, 3.63) is 28.2 Å². The van der Waals surface area contributed by atoms with Crippen molar-refractivity contribution >= 4 is 5.91 Å². The zero-order valence-corrected chi connectivity index (χ0v) is 17.5. The molecule has 156 valence electrons. The monoisotopic (exact) mass is 390 g/mol. The van der Waals surface area contributed by atoms with Crippen molar-refractivity contribution in [3.63, 3.8) is 0 Å². The van der Waals surface area contributed by atoms with Gasteiger partial charge in [-0.05, 0) is 44.3 Å². The predicted molar refractivity (Wildman–Crippen MR) is 108 cm³/mol. The van der Waals surface area contributed by atoms with Crippen LogP contribution in [-0.2, 0) is 21.5 Å². The number of rotatable bonds is 5. The number of aromatic nitrogens is 2. The summed E-state index contributed by atoms with van der Waals surface area (Å²) < 4.78 is 6.95. The Morgan fingerprint density at radius 1 is 1.11 bits per heavy atom. The summed E-state index contributed by atoms with van der Waals surface area (Å²) in [7, 11) is 0. The number of likely N-dealkylation sites (tertiary alicyclic amines) is 1. The molecule has 2 aliphatic rings. The summed E-state index contributed by atoms with van der Waals surface area (Å²) in [6, 6.07) is 3.49. The van der Waals surface area contributed by atoms with Gasteiger partial charge >= 0.3 is 0 Å². The smallest absolute Gasteiger partial charge is 0.266 e. The fourth-order valence-electron chi connectivity index (χ4n) is 3.85. The fraction of sp³-hybridized carbons (Fsp3) is 0.762. The zero-order valence-electron chi connectivity index (χ0n) is 17.5. The first-order chi connectivity index (χ1) is 13.3. The fourth-order valence-corrected chi connectivity index (χ4v) is 3.85. The average Bonchev–Trinajstić information content (AvgIpc) is 2.86. The number of carbonyl (C=O) groups is 1. The molecule has 28 heavy (non-hydrogen) atoms. The van der Waals surface area contributed by atoms with Gasteiger partial charge in [0.2, 0.25) is 5.91 Å². The molecule has 0 saturated carbocycles. The van der Waals surface area contributed by atoms with Crippen LogP contribution in [-0.4, -0.2) is 71.4 Å². The molecule has 0 atom stereocenters. The molecule has 0 spiro atoms. The summed E-state index contributed by atoms with van der Waals surface area (Å²) in [5.41, 5.74) is 0.877. The number of nitrogens with zero attached hydrogens (tertiary/aromatic N) is 4. The molecule has 7 nitrogen and oxygen atoms in total. The van der Waals surface area contributed by atoms with Gasteiger partial charge < -0.3 is 14.5 Å². The van der Waals surface area contributed by atoms with E-state index in [1.54, 1.807) is 10.7 Å². The van der Waals surface area contributed by atoms with Crippen molar-refractivity contribution < 1.29 is 9.53 Å². The minimum Gasteiger partial charge on any atom is -0.372 e. The molecule has 3 heterocycles. The first-order valence-electron chi connectivity index (χ1n) is 10.5. The molecule has 1 aromatic rings. The largest absolute Gasteiger partial charge is 0.372 e. The van der Waals surface area contributed by atoms with Crippen LogP contribution >= 0.6 is 0 Å². The summed E-state index contributed by atoms with van der Waals surface area (Å²) in [6.45, 7) is 12.4. The molecule has 7 heteroatoms. The van der Waals surface area contributed by atoms with Crippen LogP contribution in [0, 0.1) is 5.92 Å². The first-order valence-corrected chi connectivity index (χ1v) is 10.5. The maximum Gasteiger partial charge on any atom is 0.266 e. The first kappa shape index (κ1) is 21.0. The number of piperidine rings is 1. The van der Waals surface area contributed by atoms with Gasteiger partial charge in [0.15, 0.2) is 0 Å². The van der Waals surface area contributed by atoms with Crippen LogP contribution in [0.2, 0.25) is 0 Å². The van der Waals surface area contributed by atoms with E-state index in [-0.39, 0.29) is 23.5 Å².